The van der Waals surface area contributed by atoms with Gasteiger partial charge in [-0.3, -0.25) is 14.6 Å². The minimum Gasteiger partial charge on any atom is -0.339 e. The third-order valence-corrected chi connectivity index (χ3v) is 3.59. The number of hydrogen-bond acceptors (Lipinski definition) is 4. The van der Waals surface area contributed by atoms with E-state index >= 15 is 0 Å². The number of amides is 2. The second-order valence-electron chi connectivity index (χ2n) is 5.05. The second-order valence-corrected chi connectivity index (χ2v) is 5.05. The summed E-state index contributed by atoms with van der Waals surface area (Å²) in [5, 5.41) is 11.7. The number of para-hydroxylation sites is 1. The predicted molar refractivity (Wildman–Crippen MR) is 90.6 cm³/mol. The first-order valence-electron chi connectivity index (χ1n) is 7.65. The maximum absolute atomic E-state index is 12.4. The molecule has 0 aliphatic carbocycles. The molecule has 1 aromatic heterocycles. The molecule has 0 radical (unpaired) electrons. The number of carbonyl (C=O) groups is 2. The number of nitrogens with one attached hydrogen (secondary N) is 1. The van der Waals surface area contributed by atoms with Gasteiger partial charge in [0.2, 0.25) is 0 Å². The van der Waals surface area contributed by atoms with Crippen molar-refractivity contribution in [1.29, 1.82) is 5.26 Å². The first-order valence-corrected chi connectivity index (χ1v) is 7.65. The fraction of sp³-hybridized carbons (Fsp3) is 0.222. The molecule has 2 amide bonds. The van der Waals surface area contributed by atoms with Crippen LogP contribution in [0.1, 0.15) is 40.1 Å². The van der Waals surface area contributed by atoms with Gasteiger partial charge in [-0.25, -0.2) is 0 Å². The Hall–Kier alpha value is -3.20. The summed E-state index contributed by atoms with van der Waals surface area (Å²) in [4.78, 5) is 30.4. The van der Waals surface area contributed by atoms with E-state index in [1.165, 1.54) is 18.5 Å². The fourth-order valence-corrected chi connectivity index (χ4v) is 2.26. The molecule has 0 fully saturated rings. The zero-order valence-corrected chi connectivity index (χ0v) is 13.6. The van der Waals surface area contributed by atoms with E-state index in [9.17, 15) is 9.59 Å². The number of carbonyl (C=O) groups excluding carboxylic acids is 2. The number of anilines is 1. The van der Waals surface area contributed by atoms with Gasteiger partial charge in [0.25, 0.3) is 11.8 Å². The van der Waals surface area contributed by atoms with Crippen LogP contribution in [-0.4, -0.2) is 34.8 Å². The summed E-state index contributed by atoms with van der Waals surface area (Å²) in [6.07, 6.45) is 2.84. The van der Waals surface area contributed by atoms with Crippen LogP contribution < -0.4 is 5.32 Å². The van der Waals surface area contributed by atoms with Crippen molar-refractivity contribution in [3.8, 4) is 6.07 Å². The number of rotatable bonds is 5. The van der Waals surface area contributed by atoms with Crippen LogP contribution in [0.5, 0.6) is 0 Å². The summed E-state index contributed by atoms with van der Waals surface area (Å²) in [6.45, 7) is 4.96. The second kappa shape index (κ2) is 7.88. The highest BCUT2D eigenvalue weighted by Crippen LogP contribution is 2.15. The van der Waals surface area contributed by atoms with Gasteiger partial charge in [-0.1, -0.05) is 12.1 Å². The Morgan fingerprint density at radius 1 is 1.17 bits per heavy atom. The van der Waals surface area contributed by atoms with Crippen LogP contribution in [0.3, 0.4) is 0 Å². The van der Waals surface area contributed by atoms with Gasteiger partial charge in [-0.15, -0.1) is 0 Å². The molecule has 24 heavy (non-hydrogen) atoms. The van der Waals surface area contributed by atoms with E-state index in [0.717, 1.165) is 0 Å². The van der Waals surface area contributed by atoms with E-state index < -0.39 is 5.91 Å². The van der Waals surface area contributed by atoms with Crippen molar-refractivity contribution in [1.82, 2.24) is 9.88 Å². The molecule has 122 valence electrons. The lowest BCUT2D eigenvalue weighted by atomic mass is 10.1. The van der Waals surface area contributed by atoms with Crippen LogP contribution in [-0.2, 0) is 0 Å². The van der Waals surface area contributed by atoms with Crippen molar-refractivity contribution in [2.45, 2.75) is 13.8 Å². The highest BCUT2D eigenvalue weighted by atomic mass is 16.2. The van der Waals surface area contributed by atoms with Crippen LogP contribution in [0, 0.1) is 11.3 Å². The summed E-state index contributed by atoms with van der Waals surface area (Å²) in [7, 11) is 0. The van der Waals surface area contributed by atoms with Crippen LogP contribution in [0.2, 0.25) is 0 Å². The van der Waals surface area contributed by atoms with Gasteiger partial charge in [-0.05, 0) is 32.0 Å². The largest absolute Gasteiger partial charge is 0.339 e. The molecule has 0 bridgehead atoms. The van der Waals surface area contributed by atoms with Gasteiger partial charge >= 0.3 is 0 Å². The quantitative estimate of drug-likeness (QED) is 0.917. The Balaban J connectivity index is 2.24. The van der Waals surface area contributed by atoms with Crippen LogP contribution in [0.25, 0.3) is 0 Å². The molecule has 2 rings (SSSR count). The maximum atomic E-state index is 12.4. The third kappa shape index (κ3) is 3.76. The van der Waals surface area contributed by atoms with Crippen molar-refractivity contribution < 1.29 is 9.59 Å². The molecular formula is C18H18N4O2. The minimum atomic E-state index is -0.417. The summed E-state index contributed by atoms with van der Waals surface area (Å²) in [5.41, 5.74) is 1.42. The average Bonchev–Trinajstić information content (AvgIpc) is 2.63. The summed E-state index contributed by atoms with van der Waals surface area (Å²) >= 11 is 0. The van der Waals surface area contributed by atoms with Crippen molar-refractivity contribution in [3.05, 3.63) is 59.4 Å². The molecular weight excluding hydrogens is 304 g/mol. The molecule has 1 aromatic carbocycles. The molecule has 2 aromatic rings. The van der Waals surface area contributed by atoms with E-state index in [2.05, 4.69) is 10.3 Å². The van der Waals surface area contributed by atoms with Gasteiger partial charge < -0.3 is 10.2 Å². The van der Waals surface area contributed by atoms with Gasteiger partial charge in [0.1, 0.15) is 6.07 Å². The Morgan fingerprint density at radius 3 is 2.50 bits per heavy atom. The average molecular weight is 322 g/mol. The minimum absolute atomic E-state index is 0.167. The first-order chi connectivity index (χ1) is 11.6. The first kappa shape index (κ1) is 17.2. The zero-order chi connectivity index (χ0) is 17.5. The monoisotopic (exact) mass is 322 g/mol. The van der Waals surface area contributed by atoms with Gasteiger partial charge in [-0.2, -0.15) is 5.26 Å². The normalized spacial score (nSPS) is 9.88. The molecule has 0 unspecified atom stereocenters. The van der Waals surface area contributed by atoms with E-state index in [1.54, 1.807) is 29.2 Å². The predicted octanol–water partition coefficient (Wildman–Crippen LogP) is 2.69. The Kier molecular flexibility index (Phi) is 5.63. The summed E-state index contributed by atoms with van der Waals surface area (Å²) < 4.78 is 0. The van der Waals surface area contributed by atoms with Crippen molar-refractivity contribution in [2.24, 2.45) is 0 Å². The molecule has 1 N–H and O–H groups in total. The molecule has 0 saturated heterocycles. The van der Waals surface area contributed by atoms with E-state index in [-0.39, 0.29) is 11.5 Å². The van der Waals surface area contributed by atoms with E-state index in [0.29, 0.717) is 29.9 Å². The van der Waals surface area contributed by atoms with Crippen molar-refractivity contribution in [2.75, 3.05) is 18.4 Å². The third-order valence-electron chi connectivity index (χ3n) is 3.59. The molecule has 6 nitrogen and oxygen atoms in total. The fourth-order valence-electron chi connectivity index (χ4n) is 2.26. The van der Waals surface area contributed by atoms with Crippen molar-refractivity contribution in [3.63, 3.8) is 0 Å². The van der Waals surface area contributed by atoms with Crippen molar-refractivity contribution >= 4 is 17.5 Å². The molecule has 0 spiro atoms. The van der Waals surface area contributed by atoms with Crippen LogP contribution in [0.15, 0.2) is 42.7 Å². The summed E-state index contributed by atoms with van der Waals surface area (Å²) in [5.74, 6) is -0.584. The molecule has 0 atom stereocenters. The maximum Gasteiger partial charge on any atom is 0.257 e. The standard InChI is InChI=1S/C18H18N4O2/c1-3-22(4-2)18(24)15-9-14(11-20-12-15)17(23)21-16-8-6-5-7-13(16)10-19/h5-9,11-12H,3-4H2,1-2H3,(H,21,23). The Labute approximate surface area is 140 Å². The number of benzene rings is 1. The lowest BCUT2D eigenvalue weighted by Crippen LogP contribution is -2.30. The molecule has 6 heteroatoms. The SMILES string of the molecule is CCN(CC)C(=O)c1cncc(C(=O)Nc2ccccc2C#N)c1. The zero-order valence-electron chi connectivity index (χ0n) is 13.6. The number of hydrogen-bond donors (Lipinski definition) is 1. The van der Waals surface area contributed by atoms with Crippen LogP contribution >= 0.6 is 0 Å². The topological polar surface area (TPSA) is 86.1 Å². The molecule has 1 heterocycles. The number of aromatic nitrogens is 1. The van der Waals surface area contributed by atoms with Gasteiger partial charge in [0.05, 0.1) is 22.4 Å². The Bertz CT molecular complexity index is 792. The van der Waals surface area contributed by atoms with Gasteiger partial charge in [0, 0.05) is 25.5 Å². The highest BCUT2D eigenvalue weighted by Gasteiger charge is 2.16. The van der Waals surface area contributed by atoms with Crippen LogP contribution in [0.4, 0.5) is 5.69 Å². The lowest BCUT2D eigenvalue weighted by Gasteiger charge is -2.18. The number of nitriles is 1. The smallest absolute Gasteiger partial charge is 0.257 e. The highest BCUT2D eigenvalue weighted by molar-refractivity contribution is 6.06. The van der Waals surface area contributed by atoms with Gasteiger partial charge in [0.15, 0.2) is 0 Å². The number of nitrogens with zero attached hydrogens (tertiary/aromatic N) is 3. The molecule has 0 aliphatic heterocycles. The molecule has 0 aliphatic rings. The van der Waals surface area contributed by atoms with E-state index in [1.807, 2.05) is 19.9 Å². The summed E-state index contributed by atoms with van der Waals surface area (Å²) in [6, 6.07) is 10.3. The Morgan fingerprint density at radius 2 is 1.83 bits per heavy atom. The van der Waals surface area contributed by atoms with E-state index in [4.69, 9.17) is 5.26 Å². The lowest BCUT2D eigenvalue weighted by molar-refractivity contribution is 0.0772. The molecule has 0 saturated carbocycles. The number of pyridine rings is 1.